The maximum Gasteiger partial charge on any atom is 0.260 e. The summed E-state index contributed by atoms with van der Waals surface area (Å²) in [6, 6.07) is 86.3. The second-order valence-electron chi connectivity index (χ2n) is 22.3. The Morgan fingerprint density at radius 3 is 1.75 bits per heavy atom. The van der Waals surface area contributed by atoms with Gasteiger partial charge in [-0.15, -0.1) is 0 Å². The first-order valence-corrected chi connectivity index (χ1v) is 27.6. The minimum absolute atomic E-state index is 0.0395. The van der Waals surface area contributed by atoms with Crippen molar-refractivity contribution in [3.63, 3.8) is 0 Å². The Labute approximate surface area is 470 Å². The van der Waals surface area contributed by atoms with Crippen LogP contribution in [0.5, 0.6) is 23.0 Å². The number of anilines is 3. The van der Waals surface area contributed by atoms with Crippen LogP contribution < -0.4 is 30.8 Å². The molecule has 8 heteroatoms. The first-order valence-electron chi connectivity index (χ1n) is 27.6. The van der Waals surface area contributed by atoms with Crippen molar-refractivity contribution in [1.82, 2.24) is 9.13 Å². The number of aliphatic imine (C=N–C) groups is 1. The second-order valence-corrected chi connectivity index (χ2v) is 22.3. The van der Waals surface area contributed by atoms with E-state index in [-0.39, 0.29) is 12.1 Å². The van der Waals surface area contributed by atoms with Crippen LogP contribution in [0.25, 0.3) is 77.2 Å². The van der Waals surface area contributed by atoms with Gasteiger partial charge in [0.25, 0.3) is 6.71 Å². The van der Waals surface area contributed by atoms with E-state index in [0.717, 1.165) is 106 Å². The smallest absolute Gasteiger partial charge is 0.260 e. The Bertz CT molecular complexity index is 4680. The molecular formula is C73H52BN5O2. The highest BCUT2D eigenvalue weighted by Gasteiger charge is 2.41. The fourth-order valence-corrected chi connectivity index (χ4v) is 12.7. The summed E-state index contributed by atoms with van der Waals surface area (Å²) in [5, 5.41) is 15.3. The van der Waals surface area contributed by atoms with Gasteiger partial charge in [-0.1, -0.05) is 142 Å². The molecule has 0 atom stereocenters. The van der Waals surface area contributed by atoms with Gasteiger partial charge in [0.1, 0.15) is 23.0 Å². The maximum absolute atomic E-state index is 10.5. The van der Waals surface area contributed by atoms with Crippen LogP contribution in [0.4, 0.5) is 17.1 Å². The van der Waals surface area contributed by atoms with Gasteiger partial charge in [0, 0.05) is 61.3 Å². The van der Waals surface area contributed by atoms with Crippen molar-refractivity contribution >= 4 is 90.5 Å². The predicted octanol–water partition coefficient (Wildman–Crippen LogP) is 16.8. The van der Waals surface area contributed by atoms with Crippen molar-refractivity contribution in [2.24, 2.45) is 4.99 Å². The molecule has 11 aromatic carbocycles. The Kier molecular flexibility index (Phi) is 11.0. The molecule has 15 rings (SSSR count). The van der Waals surface area contributed by atoms with Gasteiger partial charge in [-0.05, 0) is 155 Å². The van der Waals surface area contributed by atoms with Crippen LogP contribution in [0.3, 0.4) is 0 Å². The molecule has 0 radical (unpaired) electrons. The van der Waals surface area contributed by atoms with Gasteiger partial charge in [-0.2, -0.15) is 5.26 Å². The summed E-state index contributed by atoms with van der Waals surface area (Å²) in [4.78, 5) is 6.50. The van der Waals surface area contributed by atoms with Crippen molar-refractivity contribution < 1.29 is 9.47 Å². The zero-order valence-electron chi connectivity index (χ0n) is 45.1. The highest BCUT2D eigenvalue weighted by atomic mass is 16.5. The highest BCUT2D eigenvalue weighted by molar-refractivity contribution is 6.98. The minimum atomic E-state index is -0.233. The summed E-state index contributed by atoms with van der Waals surface area (Å²) < 4.78 is 19.4. The first kappa shape index (κ1) is 47.8. The van der Waals surface area contributed by atoms with Gasteiger partial charge >= 0.3 is 0 Å². The SMILES string of the molecule is C=NCc1ccc2c(c1)c1cc(C(C)(C)C)ccc1n2-c1ccc2c(c1)Oc1cc(-c3cc(C#N)ccc3N(c3ccccc3)c3ccccc3)cc3c1B2c1ccc(-c2ccccc2-n2c4ccccc4c4ccccc42)cc1O3. The average Bonchev–Trinajstić information content (AvgIpc) is 4.16. The van der Waals surface area contributed by atoms with Crippen LogP contribution in [0, 0.1) is 11.3 Å². The van der Waals surface area contributed by atoms with Crippen molar-refractivity contribution in [2.75, 3.05) is 4.90 Å². The minimum Gasteiger partial charge on any atom is -0.458 e. The molecule has 81 heavy (non-hydrogen) atoms. The van der Waals surface area contributed by atoms with Crippen LogP contribution in [0.15, 0.2) is 242 Å². The van der Waals surface area contributed by atoms with E-state index in [1.54, 1.807) is 0 Å². The zero-order chi connectivity index (χ0) is 54.5. The maximum atomic E-state index is 10.5. The third kappa shape index (κ3) is 7.76. The lowest BCUT2D eigenvalue weighted by atomic mass is 9.34. The molecule has 0 unspecified atom stereocenters. The van der Waals surface area contributed by atoms with Crippen LogP contribution in [0.2, 0.25) is 0 Å². The van der Waals surface area contributed by atoms with Crippen molar-refractivity contribution in [3.05, 3.63) is 253 Å². The van der Waals surface area contributed by atoms with E-state index >= 15 is 0 Å². The highest BCUT2D eigenvalue weighted by Crippen LogP contribution is 2.47. The van der Waals surface area contributed by atoms with Crippen LogP contribution in [-0.2, 0) is 12.0 Å². The van der Waals surface area contributed by atoms with Gasteiger partial charge in [0.15, 0.2) is 0 Å². The quantitative estimate of drug-likeness (QED) is 0.107. The lowest BCUT2D eigenvalue weighted by Gasteiger charge is -2.34. The third-order valence-electron chi connectivity index (χ3n) is 16.5. The zero-order valence-corrected chi connectivity index (χ0v) is 45.1. The summed E-state index contributed by atoms with van der Waals surface area (Å²) in [5.41, 5.74) is 19.2. The number of para-hydroxylation sites is 5. The molecule has 0 aliphatic carbocycles. The van der Waals surface area contributed by atoms with E-state index < -0.39 is 0 Å². The molecule has 384 valence electrons. The van der Waals surface area contributed by atoms with Gasteiger partial charge in [-0.25, -0.2) is 0 Å². The molecule has 2 aromatic heterocycles. The lowest BCUT2D eigenvalue weighted by Crippen LogP contribution is -2.57. The van der Waals surface area contributed by atoms with E-state index in [1.807, 2.05) is 30.3 Å². The Balaban J connectivity index is 0.942. The number of hydrogen-bond acceptors (Lipinski definition) is 5. The van der Waals surface area contributed by atoms with Crippen LogP contribution in [0.1, 0.15) is 37.5 Å². The summed E-state index contributed by atoms with van der Waals surface area (Å²) in [5.74, 6) is 2.92. The van der Waals surface area contributed by atoms with Crippen LogP contribution in [-0.4, -0.2) is 22.6 Å². The average molecular weight is 1040 g/mol. The topological polar surface area (TPSA) is 67.7 Å². The Morgan fingerprint density at radius 1 is 0.506 bits per heavy atom. The normalized spacial score (nSPS) is 12.4. The van der Waals surface area contributed by atoms with Crippen LogP contribution >= 0.6 is 0 Å². The number of aromatic nitrogens is 2. The number of ether oxygens (including phenoxy) is 2. The van der Waals surface area contributed by atoms with E-state index in [0.29, 0.717) is 23.6 Å². The third-order valence-corrected chi connectivity index (χ3v) is 16.5. The molecule has 0 spiro atoms. The Hall–Kier alpha value is -10.4. The molecule has 0 saturated heterocycles. The fraction of sp³-hybridized carbons (Fsp3) is 0.0685. The summed E-state index contributed by atoms with van der Waals surface area (Å²) in [6.45, 7) is 10.9. The molecule has 0 N–H and O–H groups in total. The molecule has 0 fully saturated rings. The molecule has 2 aliphatic heterocycles. The van der Waals surface area contributed by atoms with Gasteiger partial charge in [0.05, 0.1) is 51.6 Å². The largest absolute Gasteiger partial charge is 0.458 e. The first-order chi connectivity index (χ1) is 39.7. The van der Waals surface area contributed by atoms with Crippen molar-refractivity contribution in [3.8, 4) is 62.7 Å². The lowest BCUT2D eigenvalue weighted by molar-refractivity contribution is 0.465. The predicted molar refractivity (Wildman–Crippen MR) is 335 cm³/mol. The van der Waals surface area contributed by atoms with Crippen molar-refractivity contribution in [2.45, 2.75) is 32.7 Å². The van der Waals surface area contributed by atoms with Crippen molar-refractivity contribution in [1.29, 1.82) is 5.26 Å². The van der Waals surface area contributed by atoms with E-state index in [4.69, 9.17) is 9.47 Å². The number of fused-ring (bicyclic) bond motifs is 10. The summed E-state index contributed by atoms with van der Waals surface area (Å²) in [7, 11) is 0. The summed E-state index contributed by atoms with van der Waals surface area (Å²) >= 11 is 0. The van der Waals surface area contributed by atoms with Gasteiger partial charge < -0.3 is 23.5 Å². The number of nitriles is 1. The van der Waals surface area contributed by atoms with E-state index in [9.17, 15) is 5.26 Å². The molecule has 7 nitrogen and oxygen atoms in total. The monoisotopic (exact) mass is 1040 g/mol. The van der Waals surface area contributed by atoms with E-state index in [1.165, 1.54) is 27.1 Å². The molecular weight excluding hydrogens is 990 g/mol. The molecule has 2 aliphatic rings. The van der Waals surface area contributed by atoms with Gasteiger partial charge in [0.2, 0.25) is 0 Å². The fourth-order valence-electron chi connectivity index (χ4n) is 12.7. The Morgan fingerprint density at radius 2 is 1.09 bits per heavy atom. The molecule has 4 heterocycles. The number of rotatable bonds is 9. The molecule has 0 bridgehead atoms. The number of benzene rings is 11. The molecule has 13 aromatic rings. The molecule has 0 amide bonds. The number of hydrogen-bond donors (Lipinski definition) is 0. The molecule has 0 saturated carbocycles. The standard InChI is InChI=1S/C73H52BN5O2/c1-73(2,3)50-30-36-67-59(42-50)58-38-47(45-76-4)28-35-66(58)78(67)53-31-33-61-69(43-53)81-71-41-49(57-37-46(44-75)27-34-65(57)77(51-17-7-5-8-18-51)52-19-9-6-10-20-52)40-70-72(71)74(61)60-32-29-48(39-68(60)80-70)54-21-11-14-24-62(54)79-63-25-15-12-22-55(63)56-23-13-16-26-64(56)79/h5-43H,4,45H2,1-3H3. The number of nitrogens with zero attached hydrogens (tertiary/aromatic N) is 5. The van der Waals surface area contributed by atoms with Gasteiger partial charge in [-0.3, -0.25) is 4.99 Å². The second kappa shape index (κ2) is 18.7. The van der Waals surface area contributed by atoms with E-state index in [2.05, 4.69) is 259 Å². The summed E-state index contributed by atoms with van der Waals surface area (Å²) in [6.07, 6.45) is 0.